The number of esters is 1. The van der Waals surface area contributed by atoms with Crippen molar-refractivity contribution >= 4 is 5.97 Å². The van der Waals surface area contributed by atoms with E-state index in [1.54, 1.807) is 25.1 Å². The summed E-state index contributed by atoms with van der Waals surface area (Å²) >= 11 is 0. The zero-order chi connectivity index (χ0) is 20.8. The molecular weight excluding hydrogens is 368 g/mol. The van der Waals surface area contributed by atoms with E-state index in [1.165, 1.54) is 19.6 Å². The Hall–Kier alpha value is -2.87. The highest BCUT2D eigenvalue weighted by Gasteiger charge is 2.32. The largest absolute Gasteiger partial charge is 0.469 e. The number of methoxy groups -OCH3 is 1. The number of ether oxygens (including phenoxy) is 7. The Morgan fingerprint density at radius 3 is 2.25 bits per heavy atom. The van der Waals surface area contributed by atoms with Gasteiger partial charge in [-0.05, 0) is 25.5 Å². The molecular formula is C20H28O8. The number of hydrogen-bond acceptors (Lipinski definition) is 8. The molecule has 1 unspecified atom stereocenters. The molecule has 0 radical (unpaired) electrons. The molecule has 0 bridgehead atoms. The van der Waals surface area contributed by atoms with Gasteiger partial charge in [-0.2, -0.15) is 0 Å². The first kappa shape index (κ1) is 23.2. The van der Waals surface area contributed by atoms with Crippen LogP contribution in [0.3, 0.4) is 0 Å². The molecule has 0 amide bonds. The number of benzene rings is 1. The minimum atomic E-state index is -0.725. The van der Waals surface area contributed by atoms with Crippen molar-refractivity contribution in [1.82, 2.24) is 0 Å². The van der Waals surface area contributed by atoms with Gasteiger partial charge in [-0.15, -0.1) is 0 Å². The van der Waals surface area contributed by atoms with Crippen molar-refractivity contribution in [3.8, 4) is 17.2 Å². The zero-order valence-electron chi connectivity index (χ0n) is 16.6. The standard InChI is InChI=1S/C20H28O8/c1-6-20(4,19(21)22-5)12-25-15-26-16-9-10-17(27-13-23-7-2)18(11-16)28-14-24-8-3/h7-11H,2-3,6,12-15H2,1,4-5H3. The van der Waals surface area contributed by atoms with Crippen LogP contribution in [0, 0.1) is 5.41 Å². The number of carbonyl (C=O) groups excluding carboxylic acids is 1. The topological polar surface area (TPSA) is 81.7 Å². The molecule has 1 rings (SSSR count). The summed E-state index contributed by atoms with van der Waals surface area (Å²) in [6.45, 7) is 10.6. The Labute approximate surface area is 165 Å². The molecule has 8 nitrogen and oxygen atoms in total. The van der Waals surface area contributed by atoms with Gasteiger partial charge >= 0.3 is 5.97 Å². The predicted molar refractivity (Wildman–Crippen MR) is 102 cm³/mol. The Bertz CT molecular complexity index is 631. The van der Waals surface area contributed by atoms with Crippen LogP contribution < -0.4 is 14.2 Å². The number of rotatable bonds is 15. The van der Waals surface area contributed by atoms with Gasteiger partial charge in [0.2, 0.25) is 13.6 Å². The molecule has 0 saturated carbocycles. The molecule has 0 fully saturated rings. The maximum atomic E-state index is 11.8. The van der Waals surface area contributed by atoms with Crippen LogP contribution >= 0.6 is 0 Å². The highest BCUT2D eigenvalue weighted by atomic mass is 16.7. The summed E-state index contributed by atoms with van der Waals surface area (Å²) < 4.78 is 36.7. The van der Waals surface area contributed by atoms with Crippen LogP contribution in [0.25, 0.3) is 0 Å². The van der Waals surface area contributed by atoms with Gasteiger partial charge in [0.1, 0.15) is 5.75 Å². The van der Waals surface area contributed by atoms with Crippen LogP contribution in [0.5, 0.6) is 17.2 Å². The SMILES string of the molecule is C=COCOc1ccc(OCOCC(C)(CC)C(=O)OC)cc1OCOC=C. The third kappa shape index (κ3) is 7.40. The van der Waals surface area contributed by atoms with Crippen molar-refractivity contribution in [2.45, 2.75) is 20.3 Å². The maximum absolute atomic E-state index is 11.8. The monoisotopic (exact) mass is 396 g/mol. The summed E-state index contributed by atoms with van der Waals surface area (Å²) in [5, 5.41) is 0. The van der Waals surface area contributed by atoms with Gasteiger partial charge in [-0.25, -0.2) is 0 Å². The van der Waals surface area contributed by atoms with Crippen LogP contribution in [0.1, 0.15) is 20.3 Å². The smallest absolute Gasteiger partial charge is 0.313 e. The van der Waals surface area contributed by atoms with E-state index in [-0.39, 0.29) is 33.0 Å². The van der Waals surface area contributed by atoms with E-state index >= 15 is 0 Å². The van der Waals surface area contributed by atoms with Crippen molar-refractivity contribution in [2.24, 2.45) is 5.41 Å². The van der Waals surface area contributed by atoms with E-state index in [0.717, 1.165) is 0 Å². The van der Waals surface area contributed by atoms with Crippen LogP contribution in [-0.2, 0) is 23.7 Å². The predicted octanol–water partition coefficient (Wildman–Crippen LogP) is 3.62. The summed E-state index contributed by atoms with van der Waals surface area (Å²) in [4.78, 5) is 11.8. The lowest BCUT2D eigenvalue weighted by Gasteiger charge is -2.24. The number of hydrogen-bond donors (Lipinski definition) is 0. The van der Waals surface area contributed by atoms with E-state index < -0.39 is 5.41 Å². The van der Waals surface area contributed by atoms with Crippen molar-refractivity contribution in [3.05, 3.63) is 43.9 Å². The second-order valence-electron chi connectivity index (χ2n) is 5.82. The fourth-order valence-electron chi connectivity index (χ4n) is 2.03. The van der Waals surface area contributed by atoms with Gasteiger partial charge in [0, 0.05) is 6.07 Å². The van der Waals surface area contributed by atoms with Gasteiger partial charge in [0.05, 0.1) is 31.7 Å². The first-order chi connectivity index (χ1) is 13.5. The lowest BCUT2D eigenvalue weighted by molar-refractivity contribution is -0.157. The summed E-state index contributed by atoms with van der Waals surface area (Å²) in [7, 11) is 1.36. The van der Waals surface area contributed by atoms with Crippen LogP contribution in [0.2, 0.25) is 0 Å². The van der Waals surface area contributed by atoms with Crippen LogP contribution in [0.4, 0.5) is 0 Å². The zero-order valence-corrected chi connectivity index (χ0v) is 16.6. The molecule has 0 aliphatic heterocycles. The van der Waals surface area contributed by atoms with E-state index in [1.807, 2.05) is 6.92 Å². The second kappa shape index (κ2) is 12.5. The average Bonchev–Trinajstić information content (AvgIpc) is 2.72. The summed E-state index contributed by atoms with van der Waals surface area (Å²) in [5.41, 5.74) is -0.725. The minimum absolute atomic E-state index is 0.0192. The van der Waals surface area contributed by atoms with Gasteiger partial charge in [0.15, 0.2) is 18.3 Å². The van der Waals surface area contributed by atoms with Gasteiger partial charge in [0.25, 0.3) is 0 Å². The quantitative estimate of drug-likeness (QED) is 0.192. The minimum Gasteiger partial charge on any atom is -0.469 e. The molecule has 0 spiro atoms. The molecule has 8 heteroatoms. The van der Waals surface area contributed by atoms with Gasteiger partial charge in [-0.1, -0.05) is 20.1 Å². The van der Waals surface area contributed by atoms with Crippen molar-refractivity contribution in [3.63, 3.8) is 0 Å². The summed E-state index contributed by atoms with van der Waals surface area (Å²) in [6, 6.07) is 4.97. The molecule has 28 heavy (non-hydrogen) atoms. The molecule has 1 atom stereocenters. The van der Waals surface area contributed by atoms with Crippen molar-refractivity contribution in [1.29, 1.82) is 0 Å². The first-order valence-electron chi connectivity index (χ1n) is 8.64. The molecule has 1 aromatic rings. The summed E-state index contributed by atoms with van der Waals surface area (Å²) in [6.07, 6.45) is 3.12. The Kier molecular flexibility index (Phi) is 10.3. The highest BCUT2D eigenvalue weighted by molar-refractivity contribution is 5.76. The molecule has 0 heterocycles. The van der Waals surface area contributed by atoms with Gasteiger partial charge < -0.3 is 33.2 Å². The Morgan fingerprint density at radius 1 is 1.04 bits per heavy atom. The average molecular weight is 396 g/mol. The normalized spacial score (nSPS) is 12.2. The maximum Gasteiger partial charge on any atom is 0.313 e. The molecule has 0 aliphatic carbocycles. The fourth-order valence-corrected chi connectivity index (χ4v) is 2.03. The van der Waals surface area contributed by atoms with Crippen LogP contribution in [0.15, 0.2) is 43.9 Å². The number of carbonyl (C=O) groups is 1. The third-order valence-electron chi connectivity index (χ3n) is 3.90. The van der Waals surface area contributed by atoms with E-state index in [2.05, 4.69) is 13.2 Å². The van der Waals surface area contributed by atoms with E-state index in [9.17, 15) is 4.79 Å². The van der Waals surface area contributed by atoms with Crippen molar-refractivity contribution in [2.75, 3.05) is 34.1 Å². The Morgan fingerprint density at radius 2 is 1.68 bits per heavy atom. The molecule has 156 valence electrons. The molecule has 0 aliphatic rings. The molecule has 0 aromatic heterocycles. The van der Waals surface area contributed by atoms with Gasteiger partial charge in [-0.3, -0.25) is 4.79 Å². The third-order valence-corrected chi connectivity index (χ3v) is 3.90. The lowest BCUT2D eigenvalue weighted by atomic mass is 9.89. The van der Waals surface area contributed by atoms with E-state index in [0.29, 0.717) is 23.7 Å². The second-order valence-corrected chi connectivity index (χ2v) is 5.82. The van der Waals surface area contributed by atoms with Crippen molar-refractivity contribution < 1.29 is 38.0 Å². The molecule has 0 N–H and O–H groups in total. The van der Waals surface area contributed by atoms with Crippen LogP contribution in [-0.4, -0.2) is 40.1 Å². The summed E-state index contributed by atoms with van der Waals surface area (Å²) in [5.74, 6) is 0.991. The van der Waals surface area contributed by atoms with E-state index in [4.69, 9.17) is 33.2 Å². The first-order valence-corrected chi connectivity index (χ1v) is 8.64. The lowest BCUT2D eigenvalue weighted by Crippen LogP contribution is -2.34. The molecule has 1 aromatic carbocycles. The highest BCUT2D eigenvalue weighted by Crippen LogP contribution is 2.32. The molecule has 0 saturated heterocycles. The fraction of sp³-hybridized carbons (Fsp3) is 0.450. The Balaban J connectivity index is 2.66.